The molecule has 4 heteroatoms. The van der Waals surface area contributed by atoms with Gasteiger partial charge in [-0.25, -0.2) is 0 Å². The van der Waals surface area contributed by atoms with Crippen molar-refractivity contribution in [1.82, 2.24) is 4.98 Å². The average Bonchev–Trinajstić information content (AvgIpc) is 2.40. The van der Waals surface area contributed by atoms with Crippen molar-refractivity contribution in [2.45, 2.75) is 13.0 Å². The van der Waals surface area contributed by atoms with Crippen LogP contribution in [0.25, 0.3) is 10.9 Å². The van der Waals surface area contributed by atoms with Gasteiger partial charge < -0.3 is 10.6 Å². The maximum Gasteiger partial charge on any atom is 0.0745 e. The molecule has 1 saturated heterocycles. The second-order valence-electron chi connectivity index (χ2n) is 4.70. The largest absolute Gasteiger partial charge is 0.396 e. The number of aromatic nitrogens is 1. The standard InChI is InChI=1S/C14H17N3S/c1-10-9-18-7-6-17(10)14-11-4-2-3-5-13(11)16-8-12(14)15/h2-5,8,10H,6-7,9,15H2,1H3. The molecule has 3 rings (SSSR count). The molecule has 0 spiro atoms. The first-order valence-electron chi connectivity index (χ1n) is 6.25. The Morgan fingerprint density at radius 1 is 1.39 bits per heavy atom. The van der Waals surface area contributed by atoms with Crippen LogP contribution in [0.4, 0.5) is 11.4 Å². The van der Waals surface area contributed by atoms with Gasteiger partial charge in [-0.3, -0.25) is 4.98 Å². The smallest absolute Gasteiger partial charge is 0.0745 e. The van der Waals surface area contributed by atoms with Crippen LogP contribution < -0.4 is 10.6 Å². The van der Waals surface area contributed by atoms with Crippen LogP contribution in [-0.2, 0) is 0 Å². The molecular formula is C14H17N3S. The molecule has 0 saturated carbocycles. The van der Waals surface area contributed by atoms with Crippen molar-refractivity contribution in [2.24, 2.45) is 0 Å². The Kier molecular flexibility index (Phi) is 3.04. The molecule has 2 N–H and O–H groups in total. The van der Waals surface area contributed by atoms with Gasteiger partial charge in [0.25, 0.3) is 0 Å². The Bertz CT molecular complexity index is 570. The number of anilines is 2. The fraction of sp³-hybridized carbons (Fsp3) is 0.357. The van der Waals surface area contributed by atoms with Gasteiger partial charge in [-0.2, -0.15) is 11.8 Å². The molecule has 94 valence electrons. The predicted octanol–water partition coefficient (Wildman–Crippen LogP) is 2.76. The van der Waals surface area contributed by atoms with E-state index in [1.165, 1.54) is 5.75 Å². The monoisotopic (exact) mass is 259 g/mol. The third kappa shape index (κ3) is 1.90. The van der Waals surface area contributed by atoms with Crippen molar-refractivity contribution in [1.29, 1.82) is 0 Å². The highest BCUT2D eigenvalue weighted by Crippen LogP contribution is 2.34. The molecule has 1 aliphatic heterocycles. The number of hydrogen-bond acceptors (Lipinski definition) is 4. The van der Waals surface area contributed by atoms with Crippen molar-refractivity contribution in [2.75, 3.05) is 28.7 Å². The van der Waals surface area contributed by atoms with Crippen molar-refractivity contribution < 1.29 is 0 Å². The molecule has 1 aromatic heterocycles. The lowest BCUT2D eigenvalue weighted by Gasteiger charge is -2.36. The van der Waals surface area contributed by atoms with Crippen molar-refractivity contribution >= 4 is 34.0 Å². The third-order valence-electron chi connectivity index (χ3n) is 3.43. The number of nitrogen functional groups attached to an aromatic ring is 1. The molecule has 1 atom stereocenters. The minimum Gasteiger partial charge on any atom is -0.396 e. The van der Waals surface area contributed by atoms with Gasteiger partial charge in [-0.05, 0) is 13.0 Å². The zero-order valence-corrected chi connectivity index (χ0v) is 11.3. The maximum atomic E-state index is 6.17. The van der Waals surface area contributed by atoms with Gasteiger partial charge in [0.15, 0.2) is 0 Å². The number of hydrogen-bond donors (Lipinski definition) is 1. The van der Waals surface area contributed by atoms with Gasteiger partial charge in [0.05, 0.1) is 23.1 Å². The van der Waals surface area contributed by atoms with E-state index in [-0.39, 0.29) is 0 Å². The summed E-state index contributed by atoms with van der Waals surface area (Å²) in [6, 6.07) is 8.75. The molecule has 0 radical (unpaired) electrons. The molecule has 18 heavy (non-hydrogen) atoms. The second-order valence-corrected chi connectivity index (χ2v) is 5.85. The van der Waals surface area contributed by atoms with Crippen molar-refractivity contribution in [3.63, 3.8) is 0 Å². The summed E-state index contributed by atoms with van der Waals surface area (Å²) < 4.78 is 0. The Morgan fingerprint density at radius 2 is 2.22 bits per heavy atom. The van der Waals surface area contributed by atoms with Gasteiger partial charge in [0, 0.05) is 29.5 Å². The molecule has 0 amide bonds. The molecule has 1 aromatic carbocycles. The van der Waals surface area contributed by atoms with Gasteiger partial charge in [-0.15, -0.1) is 0 Å². The quantitative estimate of drug-likeness (QED) is 0.855. The summed E-state index contributed by atoms with van der Waals surface area (Å²) in [5, 5.41) is 1.16. The number of benzene rings is 1. The normalized spacial score (nSPS) is 20.3. The zero-order chi connectivity index (χ0) is 12.5. The van der Waals surface area contributed by atoms with E-state index < -0.39 is 0 Å². The molecule has 1 unspecified atom stereocenters. The van der Waals surface area contributed by atoms with Crippen LogP contribution in [0.5, 0.6) is 0 Å². The van der Waals surface area contributed by atoms with Crippen LogP contribution in [0.3, 0.4) is 0 Å². The molecule has 2 heterocycles. The highest BCUT2D eigenvalue weighted by molar-refractivity contribution is 7.99. The summed E-state index contributed by atoms with van der Waals surface area (Å²) in [5.74, 6) is 2.33. The summed E-state index contributed by atoms with van der Waals surface area (Å²) in [6.07, 6.45) is 1.78. The van der Waals surface area contributed by atoms with E-state index in [2.05, 4.69) is 28.9 Å². The van der Waals surface area contributed by atoms with Crippen LogP contribution in [0.15, 0.2) is 30.5 Å². The summed E-state index contributed by atoms with van der Waals surface area (Å²) in [7, 11) is 0. The zero-order valence-electron chi connectivity index (χ0n) is 10.5. The molecule has 0 bridgehead atoms. The molecule has 0 aliphatic carbocycles. The van der Waals surface area contributed by atoms with Crippen LogP contribution in [0.1, 0.15) is 6.92 Å². The first-order chi connectivity index (χ1) is 8.77. The van der Waals surface area contributed by atoms with E-state index in [1.54, 1.807) is 6.20 Å². The Hall–Kier alpha value is -1.42. The highest BCUT2D eigenvalue weighted by Gasteiger charge is 2.22. The Labute approximate surface area is 111 Å². The lowest BCUT2D eigenvalue weighted by atomic mass is 10.1. The average molecular weight is 259 g/mol. The minimum atomic E-state index is 0.525. The van der Waals surface area contributed by atoms with Crippen LogP contribution in [-0.4, -0.2) is 29.1 Å². The summed E-state index contributed by atoms with van der Waals surface area (Å²) >= 11 is 2.01. The fourth-order valence-corrected chi connectivity index (χ4v) is 3.54. The van der Waals surface area contributed by atoms with Crippen LogP contribution >= 0.6 is 11.8 Å². The van der Waals surface area contributed by atoms with E-state index in [9.17, 15) is 0 Å². The van der Waals surface area contributed by atoms with Gasteiger partial charge >= 0.3 is 0 Å². The van der Waals surface area contributed by atoms with Gasteiger partial charge in [-0.1, -0.05) is 18.2 Å². The fourth-order valence-electron chi connectivity index (χ4n) is 2.52. The maximum absolute atomic E-state index is 6.17. The highest BCUT2D eigenvalue weighted by atomic mass is 32.2. The number of fused-ring (bicyclic) bond motifs is 1. The number of nitrogens with two attached hydrogens (primary N) is 1. The van der Waals surface area contributed by atoms with Crippen molar-refractivity contribution in [3.05, 3.63) is 30.5 Å². The minimum absolute atomic E-state index is 0.525. The van der Waals surface area contributed by atoms with E-state index in [4.69, 9.17) is 5.73 Å². The number of para-hydroxylation sites is 1. The first kappa shape index (κ1) is 11.7. The predicted molar refractivity (Wildman–Crippen MR) is 80.3 cm³/mol. The van der Waals surface area contributed by atoms with Crippen molar-refractivity contribution in [3.8, 4) is 0 Å². The lowest BCUT2D eigenvalue weighted by Crippen LogP contribution is -2.40. The van der Waals surface area contributed by atoms with E-state index in [0.717, 1.165) is 34.6 Å². The molecule has 1 aliphatic rings. The SMILES string of the molecule is CC1CSCCN1c1c(N)cnc2ccccc12. The number of pyridine rings is 1. The van der Waals surface area contributed by atoms with E-state index in [1.807, 2.05) is 23.9 Å². The number of thioether (sulfide) groups is 1. The topological polar surface area (TPSA) is 42.1 Å². The molecule has 3 nitrogen and oxygen atoms in total. The van der Waals surface area contributed by atoms with Crippen LogP contribution in [0, 0.1) is 0 Å². The lowest BCUT2D eigenvalue weighted by molar-refractivity contribution is 0.703. The molecule has 2 aromatic rings. The van der Waals surface area contributed by atoms with Gasteiger partial charge in [0.1, 0.15) is 0 Å². The summed E-state index contributed by atoms with van der Waals surface area (Å²) in [6.45, 7) is 3.32. The Morgan fingerprint density at radius 3 is 3.06 bits per heavy atom. The van der Waals surface area contributed by atoms with Gasteiger partial charge in [0.2, 0.25) is 0 Å². The van der Waals surface area contributed by atoms with E-state index >= 15 is 0 Å². The first-order valence-corrected chi connectivity index (χ1v) is 7.40. The molecule has 1 fully saturated rings. The second kappa shape index (κ2) is 4.69. The third-order valence-corrected chi connectivity index (χ3v) is 4.62. The van der Waals surface area contributed by atoms with E-state index in [0.29, 0.717) is 6.04 Å². The van der Waals surface area contributed by atoms with Crippen LogP contribution in [0.2, 0.25) is 0 Å². The summed E-state index contributed by atoms with van der Waals surface area (Å²) in [5.41, 5.74) is 9.13. The summed E-state index contributed by atoms with van der Waals surface area (Å²) in [4.78, 5) is 6.83. The number of rotatable bonds is 1. The Balaban J connectivity index is 2.17. The molecular weight excluding hydrogens is 242 g/mol. The number of nitrogens with zero attached hydrogens (tertiary/aromatic N) is 2.